The normalized spacial score (nSPS) is 35.0. The molecule has 0 amide bonds. The van der Waals surface area contributed by atoms with Crippen molar-refractivity contribution in [2.24, 2.45) is 16.6 Å². The molecular formula is C18H41N7. The quantitative estimate of drug-likeness (QED) is 0.278. The van der Waals surface area contributed by atoms with Crippen LogP contribution in [0, 0.1) is 10.8 Å². The van der Waals surface area contributed by atoms with Crippen LogP contribution in [-0.2, 0) is 0 Å². The van der Waals surface area contributed by atoms with E-state index < -0.39 is 0 Å². The van der Waals surface area contributed by atoms with E-state index in [-0.39, 0.29) is 16.4 Å². The van der Waals surface area contributed by atoms with Crippen molar-refractivity contribution in [1.82, 2.24) is 31.9 Å². The van der Waals surface area contributed by atoms with Crippen LogP contribution in [-0.4, -0.2) is 84.1 Å². The minimum atomic E-state index is -0.261. The van der Waals surface area contributed by atoms with E-state index in [1.165, 1.54) is 0 Å². The average Bonchev–Trinajstić information content (AvgIpc) is 2.54. The van der Waals surface area contributed by atoms with Gasteiger partial charge in [0.25, 0.3) is 0 Å². The monoisotopic (exact) mass is 355 g/mol. The lowest BCUT2D eigenvalue weighted by Crippen LogP contribution is -2.63. The smallest absolute Gasteiger partial charge is 0.0533 e. The van der Waals surface area contributed by atoms with E-state index in [4.69, 9.17) is 5.73 Å². The van der Waals surface area contributed by atoms with Gasteiger partial charge in [0.05, 0.1) is 5.54 Å². The van der Waals surface area contributed by atoms with E-state index in [1.54, 1.807) is 0 Å². The Labute approximate surface area is 154 Å². The number of hydrogen-bond donors (Lipinski definition) is 7. The fourth-order valence-corrected chi connectivity index (χ4v) is 3.70. The Hall–Kier alpha value is -0.280. The number of rotatable bonds is 0. The van der Waals surface area contributed by atoms with Gasteiger partial charge in [0.2, 0.25) is 0 Å². The maximum Gasteiger partial charge on any atom is 0.0533 e. The first-order valence-electron chi connectivity index (χ1n) is 9.90. The van der Waals surface area contributed by atoms with Crippen molar-refractivity contribution in [1.29, 1.82) is 0 Å². The summed E-state index contributed by atoms with van der Waals surface area (Å²) in [5.74, 6) is 0. The van der Waals surface area contributed by atoms with E-state index in [0.29, 0.717) is 0 Å². The van der Waals surface area contributed by atoms with Gasteiger partial charge in [-0.05, 0) is 5.41 Å². The van der Waals surface area contributed by atoms with Crippen molar-refractivity contribution in [3.63, 3.8) is 0 Å². The van der Waals surface area contributed by atoms with Crippen molar-refractivity contribution < 1.29 is 0 Å². The van der Waals surface area contributed by atoms with Crippen molar-refractivity contribution in [2.75, 3.05) is 78.5 Å². The molecule has 3 fully saturated rings. The lowest BCUT2D eigenvalue weighted by Gasteiger charge is -2.46. The molecule has 2 bridgehead atoms. The Balaban J connectivity index is 2.17. The van der Waals surface area contributed by atoms with Gasteiger partial charge >= 0.3 is 0 Å². The van der Waals surface area contributed by atoms with E-state index in [9.17, 15) is 0 Å². The first-order valence-corrected chi connectivity index (χ1v) is 9.90. The zero-order chi connectivity index (χ0) is 18.2. The van der Waals surface area contributed by atoms with Gasteiger partial charge in [0, 0.05) is 84.0 Å². The Morgan fingerprint density at radius 1 is 0.560 bits per heavy atom. The molecule has 3 rings (SSSR count). The van der Waals surface area contributed by atoms with E-state index in [1.807, 2.05) is 0 Å². The molecule has 0 radical (unpaired) electrons. The predicted octanol–water partition coefficient (Wildman–Crippen LogP) is -1.72. The van der Waals surface area contributed by atoms with Crippen LogP contribution in [0.2, 0.25) is 0 Å². The first-order chi connectivity index (χ1) is 11.9. The Bertz CT molecular complexity index is 337. The molecule has 0 saturated carbocycles. The van der Waals surface area contributed by atoms with E-state index in [2.05, 4.69) is 52.7 Å². The number of fused-ring (bicyclic) bond motifs is 15. The highest BCUT2D eigenvalue weighted by atomic mass is 15.1. The van der Waals surface area contributed by atoms with Crippen molar-refractivity contribution in [3.05, 3.63) is 0 Å². The molecule has 3 aliphatic rings. The standard InChI is InChI=1S/C18H41N7/c1-16(2,3)17-10-20-4-7-23-13-18(19,14-24-8-5-21-11-17)15-25-9-6-22-12-17/h20-25H,4-15,19H2,1-3H3. The summed E-state index contributed by atoms with van der Waals surface area (Å²) in [4.78, 5) is 0. The van der Waals surface area contributed by atoms with Gasteiger partial charge in [-0.25, -0.2) is 0 Å². The van der Waals surface area contributed by atoms with Gasteiger partial charge in [-0.3, -0.25) is 0 Å². The molecular weight excluding hydrogens is 314 g/mol. The van der Waals surface area contributed by atoms with Crippen LogP contribution in [0.25, 0.3) is 0 Å². The third-order valence-corrected chi connectivity index (χ3v) is 5.85. The van der Waals surface area contributed by atoms with Crippen LogP contribution in [0.3, 0.4) is 0 Å². The molecule has 7 heteroatoms. The molecule has 0 atom stereocenters. The number of nitrogens with two attached hydrogens (primary N) is 1. The Kier molecular flexibility index (Phi) is 8.07. The SMILES string of the molecule is CC(C)(C)C12CNCCNCC(N)(CNCCNC1)CNCCNC2. The van der Waals surface area contributed by atoms with E-state index in [0.717, 1.165) is 78.5 Å². The summed E-state index contributed by atoms with van der Waals surface area (Å²) in [6.07, 6.45) is 0. The van der Waals surface area contributed by atoms with Gasteiger partial charge in [0.15, 0.2) is 0 Å². The average molecular weight is 356 g/mol. The Morgan fingerprint density at radius 3 is 1.12 bits per heavy atom. The zero-order valence-electron chi connectivity index (χ0n) is 16.6. The fraction of sp³-hybridized carbons (Fsp3) is 1.00. The second-order valence-electron chi connectivity index (χ2n) is 8.95. The van der Waals surface area contributed by atoms with Crippen LogP contribution in [0.15, 0.2) is 0 Å². The second kappa shape index (κ2) is 9.60. The van der Waals surface area contributed by atoms with Gasteiger partial charge in [-0.15, -0.1) is 0 Å². The molecule has 148 valence electrons. The molecule has 0 spiro atoms. The van der Waals surface area contributed by atoms with Gasteiger partial charge in [-0.1, -0.05) is 20.8 Å². The highest BCUT2D eigenvalue weighted by Gasteiger charge is 2.41. The predicted molar refractivity (Wildman–Crippen MR) is 106 cm³/mol. The van der Waals surface area contributed by atoms with Crippen molar-refractivity contribution in [3.8, 4) is 0 Å². The highest BCUT2D eigenvalue weighted by molar-refractivity contribution is 4.97. The van der Waals surface area contributed by atoms with E-state index >= 15 is 0 Å². The van der Waals surface area contributed by atoms with Gasteiger partial charge in [-0.2, -0.15) is 0 Å². The topological polar surface area (TPSA) is 98.2 Å². The molecule has 3 heterocycles. The summed E-state index contributed by atoms with van der Waals surface area (Å²) in [7, 11) is 0. The van der Waals surface area contributed by atoms with Crippen molar-refractivity contribution in [2.45, 2.75) is 26.3 Å². The molecule has 7 nitrogen and oxygen atoms in total. The minimum absolute atomic E-state index is 0.166. The highest BCUT2D eigenvalue weighted by Crippen LogP contribution is 2.37. The second-order valence-corrected chi connectivity index (χ2v) is 8.95. The largest absolute Gasteiger partial charge is 0.322 e. The van der Waals surface area contributed by atoms with Gasteiger partial charge < -0.3 is 37.6 Å². The number of hydrogen-bond acceptors (Lipinski definition) is 7. The summed E-state index contributed by atoms with van der Waals surface area (Å²) in [5.41, 5.74) is 6.74. The molecule has 0 aromatic rings. The molecule has 0 aromatic heterocycles. The van der Waals surface area contributed by atoms with Crippen LogP contribution < -0.4 is 37.6 Å². The molecule has 0 aromatic carbocycles. The lowest BCUT2D eigenvalue weighted by atomic mass is 9.66. The molecule has 3 aliphatic heterocycles. The molecule has 0 aliphatic carbocycles. The van der Waals surface area contributed by atoms with Crippen LogP contribution in [0.5, 0.6) is 0 Å². The molecule has 0 unspecified atom stereocenters. The van der Waals surface area contributed by atoms with Crippen LogP contribution >= 0.6 is 0 Å². The molecule has 8 N–H and O–H groups in total. The molecule has 3 saturated heterocycles. The fourth-order valence-electron chi connectivity index (χ4n) is 3.70. The summed E-state index contributed by atoms with van der Waals surface area (Å²) in [6, 6.07) is 0. The maximum atomic E-state index is 6.63. The van der Waals surface area contributed by atoms with Crippen LogP contribution in [0.1, 0.15) is 20.8 Å². The third-order valence-electron chi connectivity index (χ3n) is 5.85. The molecule has 25 heavy (non-hydrogen) atoms. The summed E-state index contributed by atoms with van der Waals surface area (Å²) >= 11 is 0. The lowest BCUT2D eigenvalue weighted by molar-refractivity contribution is 0.0811. The third kappa shape index (κ3) is 6.43. The Morgan fingerprint density at radius 2 is 0.840 bits per heavy atom. The minimum Gasteiger partial charge on any atom is -0.322 e. The summed E-state index contributed by atoms with van der Waals surface area (Å²) < 4.78 is 0. The number of nitrogens with one attached hydrogen (secondary N) is 6. The van der Waals surface area contributed by atoms with Gasteiger partial charge in [0.1, 0.15) is 0 Å². The summed E-state index contributed by atoms with van der Waals surface area (Å²) in [5, 5.41) is 21.7. The maximum absolute atomic E-state index is 6.63. The zero-order valence-corrected chi connectivity index (χ0v) is 16.6. The summed E-state index contributed by atoms with van der Waals surface area (Å²) in [6.45, 7) is 18.3. The van der Waals surface area contributed by atoms with Crippen LogP contribution in [0.4, 0.5) is 0 Å². The van der Waals surface area contributed by atoms with Crippen molar-refractivity contribution >= 4 is 0 Å². The first kappa shape index (κ1) is 21.0.